The quantitative estimate of drug-likeness (QED) is 0.432. The minimum absolute atomic E-state index is 0.0479. The maximum absolute atomic E-state index is 11.8. The molecular formula is C21H29N5O2S. The highest BCUT2D eigenvalue weighted by molar-refractivity contribution is 7.11. The Morgan fingerprint density at radius 2 is 2.14 bits per heavy atom. The van der Waals surface area contributed by atoms with Crippen molar-refractivity contribution in [3.63, 3.8) is 0 Å². The number of carbonyl (C=O) groups is 1. The molecule has 1 aromatic heterocycles. The number of hydrogen-bond acceptors (Lipinski definition) is 5. The van der Waals surface area contributed by atoms with Gasteiger partial charge >= 0.3 is 0 Å². The van der Waals surface area contributed by atoms with Gasteiger partial charge in [0, 0.05) is 37.5 Å². The van der Waals surface area contributed by atoms with E-state index in [1.54, 1.807) is 18.4 Å². The van der Waals surface area contributed by atoms with Gasteiger partial charge in [-0.15, -0.1) is 11.3 Å². The van der Waals surface area contributed by atoms with E-state index in [1.807, 2.05) is 31.2 Å². The Labute approximate surface area is 176 Å². The monoisotopic (exact) mass is 415 g/mol. The summed E-state index contributed by atoms with van der Waals surface area (Å²) in [4.78, 5) is 21.9. The van der Waals surface area contributed by atoms with Crippen molar-refractivity contribution in [2.24, 2.45) is 4.99 Å². The highest BCUT2D eigenvalue weighted by Gasteiger charge is 2.23. The van der Waals surface area contributed by atoms with Crippen LogP contribution >= 0.6 is 11.3 Å². The van der Waals surface area contributed by atoms with E-state index >= 15 is 0 Å². The van der Waals surface area contributed by atoms with Gasteiger partial charge < -0.3 is 20.7 Å². The van der Waals surface area contributed by atoms with Crippen LogP contribution < -0.4 is 20.7 Å². The van der Waals surface area contributed by atoms with E-state index in [9.17, 15) is 4.79 Å². The van der Waals surface area contributed by atoms with Crippen molar-refractivity contribution in [1.82, 2.24) is 20.9 Å². The lowest BCUT2D eigenvalue weighted by Crippen LogP contribution is -2.37. The molecule has 0 saturated heterocycles. The smallest absolute Gasteiger partial charge is 0.258 e. The molecule has 156 valence electrons. The standard InChI is InChI=1S/C21H29N5O2S/c1-14-15(2)29-20(25-14)9-10-23-21(22-3)24-12-16-5-4-6-18(11-16)28-13-19(27)26-17-7-8-17/h4-6,11,17H,7-10,12-13H2,1-3H3,(H,26,27)(H2,22,23,24). The van der Waals surface area contributed by atoms with Gasteiger partial charge in [0.2, 0.25) is 0 Å². The SMILES string of the molecule is CN=C(NCCc1nc(C)c(C)s1)NCc1cccc(OCC(=O)NC2CC2)c1. The van der Waals surface area contributed by atoms with E-state index in [1.165, 1.54) is 4.88 Å². The van der Waals surface area contributed by atoms with E-state index in [2.05, 4.69) is 32.9 Å². The molecule has 1 amide bonds. The fourth-order valence-electron chi connectivity index (χ4n) is 2.73. The van der Waals surface area contributed by atoms with Crippen LogP contribution in [0.4, 0.5) is 0 Å². The molecule has 1 fully saturated rings. The van der Waals surface area contributed by atoms with E-state index < -0.39 is 0 Å². The molecule has 1 aliphatic rings. The van der Waals surface area contributed by atoms with Crippen molar-refractivity contribution < 1.29 is 9.53 Å². The van der Waals surface area contributed by atoms with Gasteiger partial charge in [-0.3, -0.25) is 9.79 Å². The fraction of sp³-hybridized carbons (Fsp3) is 0.476. The van der Waals surface area contributed by atoms with Crippen LogP contribution in [0.2, 0.25) is 0 Å². The number of carbonyl (C=O) groups excluding carboxylic acids is 1. The van der Waals surface area contributed by atoms with Gasteiger partial charge in [-0.05, 0) is 44.4 Å². The third kappa shape index (κ3) is 7.05. The van der Waals surface area contributed by atoms with Crippen molar-refractivity contribution in [2.45, 2.75) is 45.7 Å². The third-order valence-electron chi connectivity index (χ3n) is 4.60. The molecule has 3 rings (SSSR count). The van der Waals surface area contributed by atoms with Crippen LogP contribution in [0.3, 0.4) is 0 Å². The minimum Gasteiger partial charge on any atom is -0.484 e. The first-order valence-corrected chi connectivity index (χ1v) is 10.7. The molecule has 3 N–H and O–H groups in total. The van der Waals surface area contributed by atoms with Gasteiger partial charge in [0.05, 0.1) is 10.7 Å². The number of rotatable bonds is 9. The number of hydrogen-bond donors (Lipinski definition) is 3. The van der Waals surface area contributed by atoms with Crippen LogP contribution in [-0.2, 0) is 17.8 Å². The first kappa shape index (κ1) is 21.1. The summed E-state index contributed by atoms with van der Waals surface area (Å²) in [6, 6.07) is 8.09. The number of thiazole rings is 1. The molecule has 1 heterocycles. The second-order valence-electron chi connectivity index (χ2n) is 7.13. The average Bonchev–Trinajstić information content (AvgIpc) is 3.46. The molecule has 0 atom stereocenters. The van der Waals surface area contributed by atoms with Gasteiger partial charge in [-0.25, -0.2) is 4.98 Å². The second kappa shape index (κ2) is 10.2. The summed E-state index contributed by atoms with van der Waals surface area (Å²) in [7, 11) is 1.75. The maximum atomic E-state index is 11.8. The molecule has 0 aliphatic heterocycles. The molecule has 29 heavy (non-hydrogen) atoms. The van der Waals surface area contributed by atoms with Gasteiger partial charge in [0.25, 0.3) is 5.91 Å². The molecule has 7 nitrogen and oxygen atoms in total. The molecule has 2 aromatic rings. The summed E-state index contributed by atoms with van der Waals surface area (Å²) in [6.07, 6.45) is 3.02. The van der Waals surface area contributed by atoms with Gasteiger partial charge in [-0.1, -0.05) is 12.1 Å². The largest absolute Gasteiger partial charge is 0.484 e. The summed E-state index contributed by atoms with van der Waals surface area (Å²) in [6.45, 7) is 5.57. The normalized spacial score (nSPS) is 13.8. The van der Waals surface area contributed by atoms with Crippen molar-refractivity contribution in [3.8, 4) is 5.75 Å². The molecule has 0 bridgehead atoms. The second-order valence-corrected chi connectivity index (χ2v) is 8.42. The van der Waals surface area contributed by atoms with Crippen molar-refractivity contribution in [2.75, 3.05) is 20.2 Å². The van der Waals surface area contributed by atoms with Crippen LogP contribution in [0.1, 0.15) is 34.0 Å². The summed E-state index contributed by atoms with van der Waals surface area (Å²) >= 11 is 1.74. The number of ether oxygens (including phenoxy) is 1. The zero-order valence-corrected chi connectivity index (χ0v) is 18.1. The molecule has 0 radical (unpaired) electrons. The first-order valence-electron chi connectivity index (χ1n) is 9.92. The van der Waals surface area contributed by atoms with Crippen LogP contribution in [-0.4, -0.2) is 43.1 Å². The lowest BCUT2D eigenvalue weighted by molar-refractivity contribution is -0.123. The van der Waals surface area contributed by atoms with E-state index in [-0.39, 0.29) is 12.5 Å². The zero-order valence-electron chi connectivity index (χ0n) is 17.2. The van der Waals surface area contributed by atoms with Gasteiger partial charge in [-0.2, -0.15) is 0 Å². The van der Waals surface area contributed by atoms with E-state index in [4.69, 9.17) is 4.74 Å². The summed E-state index contributed by atoms with van der Waals surface area (Å²) in [5.74, 6) is 1.36. The average molecular weight is 416 g/mol. The van der Waals surface area contributed by atoms with Crippen LogP contribution in [0.25, 0.3) is 0 Å². The molecule has 0 unspecified atom stereocenters. The Morgan fingerprint density at radius 1 is 1.31 bits per heavy atom. The van der Waals surface area contributed by atoms with Crippen molar-refractivity contribution in [1.29, 1.82) is 0 Å². The Morgan fingerprint density at radius 3 is 2.83 bits per heavy atom. The highest BCUT2D eigenvalue weighted by Crippen LogP contribution is 2.19. The number of aliphatic imine (C=N–C) groups is 1. The Kier molecular flexibility index (Phi) is 7.46. The maximum Gasteiger partial charge on any atom is 0.258 e. The predicted octanol–water partition coefficient (Wildman–Crippen LogP) is 2.33. The topological polar surface area (TPSA) is 87.6 Å². The van der Waals surface area contributed by atoms with Gasteiger partial charge in [0.1, 0.15) is 5.75 Å². The van der Waals surface area contributed by atoms with Crippen LogP contribution in [0.5, 0.6) is 5.75 Å². The van der Waals surface area contributed by atoms with Crippen molar-refractivity contribution >= 4 is 23.2 Å². The predicted molar refractivity (Wildman–Crippen MR) is 117 cm³/mol. The Hall–Kier alpha value is -2.61. The van der Waals surface area contributed by atoms with E-state index in [0.29, 0.717) is 18.3 Å². The van der Waals surface area contributed by atoms with E-state index in [0.717, 1.165) is 48.0 Å². The fourth-order valence-corrected chi connectivity index (χ4v) is 3.66. The van der Waals surface area contributed by atoms with Crippen molar-refractivity contribution in [3.05, 3.63) is 45.4 Å². The molecule has 1 aliphatic carbocycles. The summed E-state index contributed by atoms with van der Waals surface area (Å²) in [5, 5.41) is 10.7. The number of benzene rings is 1. The lowest BCUT2D eigenvalue weighted by Gasteiger charge is -2.12. The summed E-state index contributed by atoms with van der Waals surface area (Å²) in [5.41, 5.74) is 2.17. The van der Waals surface area contributed by atoms with Crippen LogP contribution in [0, 0.1) is 13.8 Å². The molecule has 8 heteroatoms. The number of nitrogens with zero attached hydrogens (tertiary/aromatic N) is 2. The molecular weight excluding hydrogens is 386 g/mol. The van der Waals surface area contributed by atoms with Gasteiger partial charge in [0.15, 0.2) is 12.6 Å². The minimum atomic E-state index is -0.0637. The first-order chi connectivity index (χ1) is 14.0. The number of aryl methyl sites for hydroxylation is 2. The third-order valence-corrected chi connectivity index (χ3v) is 5.73. The van der Waals surface area contributed by atoms with Crippen LogP contribution in [0.15, 0.2) is 29.3 Å². The molecule has 0 spiro atoms. The summed E-state index contributed by atoms with van der Waals surface area (Å²) < 4.78 is 5.60. The zero-order chi connectivity index (χ0) is 20.6. The number of aromatic nitrogens is 1. The number of guanidine groups is 1. The number of nitrogens with one attached hydrogen (secondary N) is 3. The number of amides is 1. The highest BCUT2D eigenvalue weighted by atomic mass is 32.1. The lowest BCUT2D eigenvalue weighted by atomic mass is 10.2. The Bertz CT molecular complexity index is 841. The Balaban J connectivity index is 1.40. The molecule has 1 aromatic carbocycles. The molecule has 1 saturated carbocycles.